The average molecular weight is 391 g/mol. The first kappa shape index (κ1) is 19.1. The average Bonchev–Trinajstić information content (AvgIpc) is 2.71. The van der Waals surface area contributed by atoms with Gasteiger partial charge in [0.2, 0.25) is 0 Å². The lowest BCUT2D eigenvalue weighted by Gasteiger charge is -2.25. The lowest BCUT2D eigenvalue weighted by Crippen LogP contribution is -2.27. The van der Waals surface area contributed by atoms with Crippen molar-refractivity contribution in [3.63, 3.8) is 0 Å². The molecule has 6 heteroatoms. The Morgan fingerprint density at radius 1 is 0.966 bits per heavy atom. The van der Waals surface area contributed by atoms with E-state index in [0.29, 0.717) is 17.0 Å². The van der Waals surface area contributed by atoms with Crippen LogP contribution in [0, 0.1) is 6.92 Å². The summed E-state index contributed by atoms with van der Waals surface area (Å²) in [6.45, 7) is 1.95. The monoisotopic (exact) mass is 391 g/mol. The van der Waals surface area contributed by atoms with E-state index in [4.69, 9.17) is 4.42 Å². The van der Waals surface area contributed by atoms with Gasteiger partial charge in [-0.1, -0.05) is 43.5 Å². The zero-order valence-electron chi connectivity index (χ0n) is 16.5. The van der Waals surface area contributed by atoms with Gasteiger partial charge < -0.3 is 15.1 Å². The molecule has 1 saturated carbocycles. The predicted octanol–water partition coefficient (Wildman–Crippen LogP) is 5.49. The number of hydrogen-bond acceptors (Lipinski definition) is 4. The standard InChI is InChI=1S/C23H25N3O3/c1-15-8-7-11-17(14-15)25-23(28)26-21-20(24-16-9-3-2-4-10-16)18-12-5-6-13-19(18)29-22(21)27/h5-8,11-14,16,24H,2-4,9-10H2,1H3,(H2,25,26,28). The van der Waals surface area contributed by atoms with Crippen LogP contribution in [0.1, 0.15) is 37.7 Å². The lowest BCUT2D eigenvalue weighted by atomic mass is 9.95. The molecule has 0 bridgehead atoms. The normalized spacial score (nSPS) is 14.5. The first-order chi connectivity index (χ1) is 14.1. The SMILES string of the molecule is Cc1cccc(NC(=O)Nc2c(NC3CCCCC3)c3ccccc3oc2=O)c1. The number of para-hydroxylation sites is 1. The van der Waals surface area contributed by atoms with E-state index in [1.807, 2.05) is 43.3 Å². The minimum Gasteiger partial charge on any atom is -0.421 e. The van der Waals surface area contributed by atoms with E-state index in [9.17, 15) is 9.59 Å². The molecule has 0 saturated heterocycles. The highest BCUT2D eigenvalue weighted by atomic mass is 16.4. The summed E-state index contributed by atoms with van der Waals surface area (Å²) in [5, 5.41) is 9.78. The van der Waals surface area contributed by atoms with Crippen LogP contribution in [0.4, 0.5) is 21.9 Å². The Morgan fingerprint density at radius 3 is 2.55 bits per heavy atom. The molecule has 29 heavy (non-hydrogen) atoms. The molecule has 1 aliphatic rings. The van der Waals surface area contributed by atoms with Gasteiger partial charge in [-0.05, 0) is 49.6 Å². The molecular formula is C23H25N3O3. The molecule has 3 N–H and O–H groups in total. The fourth-order valence-corrected chi connectivity index (χ4v) is 3.86. The molecule has 1 aliphatic carbocycles. The van der Waals surface area contributed by atoms with Crippen LogP contribution in [0.5, 0.6) is 0 Å². The first-order valence-electron chi connectivity index (χ1n) is 10.1. The van der Waals surface area contributed by atoms with Crippen LogP contribution in [-0.4, -0.2) is 12.1 Å². The van der Waals surface area contributed by atoms with Crippen LogP contribution >= 0.6 is 0 Å². The smallest absolute Gasteiger partial charge is 0.362 e. The predicted molar refractivity (Wildman–Crippen MR) is 117 cm³/mol. The third kappa shape index (κ3) is 4.42. The molecule has 1 heterocycles. The zero-order valence-corrected chi connectivity index (χ0v) is 16.5. The topological polar surface area (TPSA) is 83.4 Å². The Kier molecular flexibility index (Phi) is 5.51. The summed E-state index contributed by atoms with van der Waals surface area (Å²) >= 11 is 0. The van der Waals surface area contributed by atoms with Gasteiger partial charge in [-0.15, -0.1) is 0 Å². The molecule has 6 nitrogen and oxygen atoms in total. The second-order valence-corrected chi connectivity index (χ2v) is 7.56. The summed E-state index contributed by atoms with van der Waals surface area (Å²) < 4.78 is 5.45. The van der Waals surface area contributed by atoms with Gasteiger partial charge in [0.25, 0.3) is 0 Å². The van der Waals surface area contributed by atoms with E-state index >= 15 is 0 Å². The number of urea groups is 1. The third-order valence-electron chi connectivity index (χ3n) is 5.28. The molecule has 0 spiro atoms. The number of fused-ring (bicyclic) bond motifs is 1. The molecule has 0 unspecified atom stereocenters. The van der Waals surface area contributed by atoms with Crippen molar-refractivity contribution in [2.24, 2.45) is 0 Å². The summed E-state index contributed by atoms with van der Waals surface area (Å²) in [6.07, 6.45) is 5.65. The molecule has 0 aliphatic heterocycles. The Bertz CT molecular complexity index is 1080. The molecule has 1 fully saturated rings. The van der Waals surface area contributed by atoms with Gasteiger partial charge in [0, 0.05) is 17.1 Å². The molecule has 2 amide bonds. The highest BCUT2D eigenvalue weighted by molar-refractivity contribution is 6.05. The van der Waals surface area contributed by atoms with Gasteiger partial charge in [0.1, 0.15) is 5.58 Å². The fraction of sp³-hybridized carbons (Fsp3) is 0.304. The summed E-state index contributed by atoms with van der Waals surface area (Å²) in [4.78, 5) is 25.3. The van der Waals surface area contributed by atoms with Crippen LogP contribution in [0.2, 0.25) is 0 Å². The molecule has 150 valence electrons. The highest BCUT2D eigenvalue weighted by Gasteiger charge is 2.21. The number of carbonyl (C=O) groups is 1. The van der Waals surface area contributed by atoms with E-state index in [-0.39, 0.29) is 11.7 Å². The Hall–Kier alpha value is -3.28. The van der Waals surface area contributed by atoms with Crippen LogP contribution < -0.4 is 21.6 Å². The maximum atomic E-state index is 12.7. The van der Waals surface area contributed by atoms with Gasteiger partial charge in [0.15, 0.2) is 5.69 Å². The second-order valence-electron chi connectivity index (χ2n) is 7.56. The van der Waals surface area contributed by atoms with Crippen molar-refractivity contribution in [3.05, 3.63) is 64.5 Å². The number of nitrogens with one attached hydrogen (secondary N) is 3. The van der Waals surface area contributed by atoms with E-state index in [1.54, 1.807) is 12.1 Å². The number of rotatable bonds is 4. The maximum absolute atomic E-state index is 12.7. The molecule has 1 aromatic heterocycles. The molecule has 3 aromatic rings. The van der Waals surface area contributed by atoms with Crippen molar-refractivity contribution >= 4 is 34.1 Å². The Labute approximate surface area is 169 Å². The molecule has 0 atom stereocenters. The summed E-state index contributed by atoms with van der Waals surface area (Å²) in [7, 11) is 0. The van der Waals surface area contributed by atoms with Crippen LogP contribution in [0.3, 0.4) is 0 Å². The van der Waals surface area contributed by atoms with Gasteiger partial charge in [0.05, 0.1) is 5.69 Å². The Morgan fingerprint density at radius 2 is 1.76 bits per heavy atom. The van der Waals surface area contributed by atoms with Crippen molar-refractivity contribution in [1.29, 1.82) is 0 Å². The van der Waals surface area contributed by atoms with E-state index in [2.05, 4.69) is 16.0 Å². The molecular weight excluding hydrogens is 366 g/mol. The van der Waals surface area contributed by atoms with Crippen molar-refractivity contribution < 1.29 is 9.21 Å². The maximum Gasteiger partial charge on any atom is 0.362 e. The molecule has 0 radical (unpaired) electrons. The van der Waals surface area contributed by atoms with Crippen molar-refractivity contribution in [2.45, 2.75) is 45.1 Å². The van der Waals surface area contributed by atoms with Gasteiger partial charge >= 0.3 is 11.7 Å². The van der Waals surface area contributed by atoms with E-state index in [0.717, 1.165) is 36.6 Å². The largest absolute Gasteiger partial charge is 0.421 e. The van der Waals surface area contributed by atoms with Crippen molar-refractivity contribution in [3.8, 4) is 0 Å². The van der Waals surface area contributed by atoms with E-state index in [1.165, 1.54) is 6.42 Å². The van der Waals surface area contributed by atoms with Gasteiger partial charge in [-0.2, -0.15) is 0 Å². The number of carbonyl (C=O) groups excluding carboxylic acids is 1. The van der Waals surface area contributed by atoms with Gasteiger partial charge in [-0.25, -0.2) is 9.59 Å². The quantitative estimate of drug-likeness (QED) is 0.514. The van der Waals surface area contributed by atoms with E-state index < -0.39 is 11.7 Å². The van der Waals surface area contributed by atoms with Crippen LogP contribution in [0.25, 0.3) is 11.0 Å². The zero-order chi connectivity index (χ0) is 20.2. The highest BCUT2D eigenvalue weighted by Crippen LogP contribution is 2.31. The van der Waals surface area contributed by atoms with Crippen LogP contribution in [0.15, 0.2) is 57.7 Å². The van der Waals surface area contributed by atoms with Gasteiger partial charge in [-0.3, -0.25) is 5.32 Å². The first-order valence-corrected chi connectivity index (χ1v) is 10.1. The van der Waals surface area contributed by atoms with Crippen LogP contribution in [-0.2, 0) is 0 Å². The minimum atomic E-state index is -0.568. The number of anilines is 3. The minimum absolute atomic E-state index is 0.138. The lowest BCUT2D eigenvalue weighted by molar-refractivity contribution is 0.262. The van der Waals surface area contributed by atoms with Crippen molar-refractivity contribution in [2.75, 3.05) is 16.0 Å². The third-order valence-corrected chi connectivity index (χ3v) is 5.28. The summed E-state index contributed by atoms with van der Waals surface area (Å²) in [5.74, 6) is 0. The number of amides is 2. The number of hydrogen-bond donors (Lipinski definition) is 3. The number of benzene rings is 2. The fourth-order valence-electron chi connectivity index (χ4n) is 3.86. The number of aryl methyl sites for hydroxylation is 1. The molecule has 4 rings (SSSR count). The Balaban J connectivity index is 1.66. The summed E-state index contributed by atoms with van der Waals surface area (Å²) in [6, 6.07) is 14.7. The van der Waals surface area contributed by atoms with Crippen molar-refractivity contribution in [1.82, 2.24) is 0 Å². The summed E-state index contributed by atoms with van der Waals surface area (Å²) in [5.41, 5.74) is 2.39. The molecule has 2 aromatic carbocycles. The second kappa shape index (κ2) is 8.39.